The first kappa shape index (κ1) is 31.4. The van der Waals surface area contributed by atoms with Gasteiger partial charge in [-0.1, -0.05) is 104 Å². The maximum Gasteiger partial charge on any atom is -0.0173 e. The van der Waals surface area contributed by atoms with Crippen LogP contribution in [0.15, 0.2) is 0 Å². The van der Waals surface area contributed by atoms with Crippen LogP contribution in [0.1, 0.15) is 186 Å². The van der Waals surface area contributed by atoms with Crippen molar-refractivity contribution in [3.63, 3.8) is 0 Å². The molecule has 14 unspecified atom stereocenters. The zero-order valence-corrected chi connectivity index (χ0v) is 30.5. The van der Waals surface area contributed by atoms with E-state index < -0.39 is 0 Å². The van der Waals surface area contributed by atoms with Crippen molar-refractivity contribution >= 4 is 7.92 Å². The quantitative estimate of drug-likeness (QED) is 0.265. The molecule has 0 heterocycles. The van der Waals surface area contributed by atoms with E-state index in [1.54, 1.807) is 186 Å². The predicted molar refractivity (Wildman–Crippen MR) is 194 cm³/mol. The smallest absolute Gasteiger partial charge is 0.0173 e. The predicted octanol–water partition coefficient (Wildman–Crippen LogP) is 13.4. The van der Waals surface area contributed by atoms with Gasteiger partial charge in [-0.2, -0.15) is 0 Å². The minimum atomic E-state index is 0.217. The molecule has 0 aliphatic heterocycles. The Morgan fingerprint density at radius 1 is 0.222 bits per heavy atom. The van der Waals surface area contributed by atoms with Crippen LogP contribution in [0, 0.1) is 71.0 Å². The number of hydrogen-bond donors (Lipinski definition) is 0. The summed E-state index contributed by atoms with van der Waals surface area (Å²) >= 11 is 0. The Balaban J connectivity index is 0.965. The Morgan fingerprint density at radius 3 is 1.07 bits per heavy atom. The van der Waals surface area contributed by atoms with Crippen molar-refractivity contribution in [3.05, 3.63) is 0 Å². The lowest BCUT2D eigenvalue weighted by molar-refractivity contribution is 0.0378. The van der Waals surface area contributed by atoms with Gasteiger partial charge in [-0.15, -0.1) is 0 Å². The van der Waals surface area contributed by atoms with E-state index in [9.17, 15) is 0 Å². The molecule has 45 heavy (non-hydrogen) atoms. The van der Waals surface area contributed by atoms with E-state index in [-0.39, 0.29) is 7.92 Å². The van der Waals surface area contributed by atoms with Crippen LogP contribution in [0.5, 0.6) is 0 Å². The van der Waals surface area contributed by atoms with Gasteiger partial charge in [0.1, 0.15) is 0 Å². The molecule has 0 aromatic carbocycles. The summed E-state index contributed by atoms with van der Waals surface area (Å²) < 4.78 is 0. The molecular weight excluding hydrogens is 559 g/mol. The molecule has 0 saturated heterocycles. The molecule has 0 aromatic heterocycles. The fraction of sp³-hybridized carbons (Fsp3) is 1.00. The molecule has 0 nitrogen and oxygen atoms in total. The number of hydrogen-bond acceptors (Lipinski definition) is 0. The Kier molecular flexibility index (Phi) is 9.76. The Labute approximate surface area is 281 Å². The highest BCUT2D eigenvalue weighted by Crippen LogP contribution is 2.70. The van der Waals surface area contributed by atoms with Crippen LogP contribution in [0.3, 0.4) is 0 Å². The molecule has 9 aliphatic carbocycles. The molecule has 0 amide bonds. The van der Waals surface area contributed by atoms with E-state index in [1.165, 1.54) is 28.8 Å². The van der Waals surface area contributed by atoms with Gasteiger partial charge in [0.15, 0.2) is 0 Å². The second kappa shape index (κ2) is 14.0. The van der Waals surface area contributed by atoms with Crippen molar-refractivity contribution in [2.24, 2.45) is 71.0 Å². The van der Waals surface area contributed by atoms with Crippen LogP contribution in [-0.4, -0.2) is 17.0 Å². The highest BCUT2D eigenvalue weighted by Gasteiger charge is 2.55. The van der Waals surface area contributed by atoms with Gasteiger partial charge in [0.05, 0.1) is 0 Å². The lowest BCUT2D eigenvalue weighted by Crippen LogP contribution is -2.43. The molecule has 9 aliphatic rings. The van der Waals surface area contributed by atoms with E-state index in [4.69, 9.17) is 0 Å². The standard InChI is InChI=1S/C44H73P/c1-2-16-32(17-3-1)45(43-24-10-22-37-39(26-28-41(37)43)35-20-8-14-30-12-4-6-18-33(30)35)44-25-11-23-38-40(27-29-42(38)44)36-21-9-15-31-13-5-7-19-34(31)36/h30-44H,1-29H2. The SMILES string of the molecule is C1CCC(P(C2CCCC3C(C4CCCC5CCCCC54)CCC32)C2CCCC3C(C4CCCC5CCCCC54)CCC32)CC1. The summed E-state index contributed by atoms with van der Waals surface area (Å²) in [5.74, 6) is 13.8. The molecule has 0 bridgehead atoms. The van der Waals surface area contributed by atoms with Gasteiger partial charge in [-0.25, -0.2) is 0 Å². The minimum absolute atomic E-state index is 0.217. The first-order valence-corrected chi connectivity index (χ1v) is 23.7. The fourth-order valence-corrected chi connectivity index (χ4v) is 21.8. The maximum absolute atomic E-state index is 1.68. The lowest BCUT2D eigenvalue weighted by atomic mass is 9.59. The van der Waals surface area contributed by atoms with Crippen LogP contribution in [0.25, 0.3) is 0 Å². The van der Waals surface area contributed by atoms with Gasteiger partial charge >= 0.3 is 0 Å². The summed E-state index contributed by atoms with van der Waals surface area (Å²) in [6, 6.07) is 0. The third-order valence-electron chi connectivity index (χ3n) is 18.1. The van der Waals surface area contributed by atoms with Crippen molar-refractivity contribution in [1.82, 2.24) is 0 Å². The van der Waals surface area contributed by atoms with Gasteiger partial charge in [0.2, 0.25) is 0 Å². The Bertz CT molecular complexity index is 894. The van der Waals surface area contributed by atoms with E-state index in [0.717, 1.165) is 59.2 Å². The average molecular weight is 633 g/mol. The summed E-state index contributed by atoms with van der Waals surface area (Å²) in [5, 5.41) is 0. The molecule has 9 rings (SSSR count). The summed E-state index contributed by atoms with van der Waals surface area (Å²) in [5.41, 5.74) is 3.56. The van der Waals surface area contributed by atoms with E-state index >= 15 is 0 Å². The van der Waals surface area contributed by atoms with E-state index in [1.807, 2.05) is 0 Å². The molecule has 9 saturated carbocycles. The van der Waals surface area contributed by atoms with Crippen molar-refractivity contribution in [2.45, 2.75) is 203 Å². The lowest BCUT2D eigenvalue weighted by Gasteiger charge is -2.53. The van der Waals surface area contributed by atoms with E-state index in [2.05, 4.69) is 0 Å². The van der Waals surface area contributed by atoms with Crippen LogP contribution in [0.2, 0.25) is 0 Å². The molecule has 9 fully saturated rings. The molecule has 254 valence electrons. The van der Waals surface area contributed by atoms with Gasteiger partial charge in [0.25, 0.3) is 0 Å². The molecule has 0 radical (unpaired) electrons. The van der Waals surface area contributed by atoms with Crippen LogP contribution in [0.4, 0.5) is 0 Å². The van der Waals surface area contributed by atoms with Crippen LogP contribution >= 0.6 is 7.92 Å². The second-order valence-electron chi connectivity index (χ2n) is 19.5. The summed E-state index contributed by atoms with van der Waals surface area (Å²) in [6.07, 6.45) is 47.0. The zero-order chi connectivity index (χ0) is 29.7. The summed E-state index contributed by atoms with van der Waals surface area (Å²) in [6.45, 7) is 0. The first-order chi connectivity index (χ1) is 22.3. The largest absolute Gasteiger partial charge is 0.0966 e. The third-order valence-corrected chi connectivity index (χ3v) is 22.2. The van der Waals surface area contributed by atoms with E-state index in [0.29, 0.717) is 0 Å². The van der Waals surface area contributed by atoms with Gasteiger partial charge < -0.3 is 0 Å². The maximum atomic E-state index is 1.68. The molecule has 0 aromatic rings. The number of rotatable bonds is 5. The van der Waals surface area contributed by atoms with Gasteiger partial charge in [0, 0.05) is 0 Å². The topological polar surface area (TPSA) is 0 Å². The molecule has 0 N–H and O–H groups in total. The molecular formula is C44H73P. The molecule has 14 atom stereocenters. The van der Waals surface area contributed by atoms with Crippen molar-refractivity contribution in [1.29, 1.82) is 0 Å². The fourth-order valence-electron chi connectivity index (χ4n) is 16.6. The van der Waals surface area contributed by atoms with Crippen molar-refractivity contribution in [3.8, 4) is 0 Å². The van der Waals surface area contributed by atoms with Gasteiger partial charge in [-0.05, 0) is 178 Å². The van der Waals surface area contributed by atoms with Crippen LogP contribution in [-0.2, 0) is 0 Å². The van der Waals surface area contributed by atoms with Crippen molar-refractivity contribution in [2.75, 3.05) is 0 Å². The monoisotopic (exact) mass is 633 g/mol. The minimum Gasteiger partial charge on any atom is -0.0966 e. The normalized spacial score (nSPS) is 51.5. The third kappa shape index (κ3) is 5.90. The molecule has 1 heteroatoms. The summed E-state index contributed by atoms with van der Waals surface area (Å²) in [7, 11) is 0.217. The second-order valence-corrected chi connectivity index (χ2v) is 22.4. The first-order valence-electron chi connectivity index (χ1n) is 22.1. The highest BCUT2D eigenvalue weighted by molar-refractivity contribution is 7.60. The van der Waals surface area contributed by atoms with Gasteiger partial charge in [-0.3, -0.25) is 0 Å². The molecule has 0 spiro atoms. The zero-order valence-electron chi connectivity index (χ0n) is 29.6. The average Bonchev–Trinajstić information content (AvgIpc) is 3.74. The van der Waals surface area contributed by atoms with Crippen LogP contribution < -0.4 is 0 Å². The summed E-state index contributed by atoms with van der Waals surface area (Å²) in [4.78, 5) is 0. The highest BCUT2D eigenvalue weighted by atomic mass is 31.1. The Hall–Kier alpha value is 0.430. The number of fused-ring (bicyclic) bond motifs is 4. The Morgan fingerprint density at radius 2 is 0.556 bits per heavy atom. The van der Waals surface area contributed by atoms with Crippen molar-refractivity contribution < 1.29 is 0 Å².